The molecule has 0 aliphatic heterocycles. The molecular formula is C12H14Br2N4. The maximum atomic E-state index is 4.35. The summed E-state index contributed by atoms with van der Waals surface area (Å²) in [5.41, 5.74) is 1.03. The number of nitrogens with one attached hydrogen (secondary N) is 1. The number of imidazole rings is 1. The fraction of sp³-hybridized carbons (Fsp3) is 0.333. The minimum atomic E-state index is 0.776. The fourth-order valence-corrected chi connectivity index (χ4v) is 2.71. The zero-order valence-electron chi connectivity index (χ0n) is 9.81. The maximum Gasteiger partial charge on any atom is 0.0945 e. The van der Waals surface area contributed by atoms with Gasteiger partial charge in [-0.3, -0.25) is 4.98 Å². The molecule has 0 atom stereocenters. The zero-order valence-corrected chi connectivity index (χ0v) is 13.0. The van der Waals surface area contributed by atoms with Crippen molar-refractivity contribution in [1.82, 2.24) is 19.9 Å². The predicted molar refractivity (Wildman–Crippen MR) is 78.2 cm³/mol. The Balaban J connectivity index is 1.69. The Labute approximate surface area is 123 Å². The van der Waals surface area contributed by atoms with E-state index >= 15 is 0 Å². The average molecular weight is 374 g/mol. The molecule has 2 heterocycles. The molecule has 2 aromatic heterocycles. The summed E-state index contributed by atoms with van der Waals surface area (Å²) in [6.07, 6.45) is 8.51. The van der Waals surface area contributed by atoms with Crippen LogP contribution in [0.1, 0.15) is 12.1 Å². The highest BCUT2D eigenvalue weighted by molar-refractivity contribution is 9.11. The normalized spacial score (nSPS) is 10.8. The summed E-state index contributed by atoms with van der Waals surface area (Å²) in [6, 6.07) is 2.01. The van der Waals surface area contributed by atoms with E-state index in [1.54, 1.807) is 6.20 Å². The molecule has 6 heteroatoms. The zero-order chi connectivity index (χ0) is 12.8. The van der Waals surface area contributed by atoms with E-state index in [-0.39, 0.29) is 0 Å². The molecule has 2 rings (SSSR count). The van der Waals surface area contributed by atoms with Gasteiger partial charge in [0.1, 0.15) is 0 Å². The third-order valence-corrected chi connectivity index (χ3v) is 3.63. The van der Waals surface area contributed by atoms with Crippen LogP contribution in [0, 0.1) is 0 Å². The minimum absolute atomic E-state index is 0.776. The molecule has 4 nitrogen and oxygen atoms in total. The second kappa shape index (κ2) is 7.01. The summed E-state index contributed by atoms with van der Waals surface area (Å²) in [5, 5.41) is 3.38. The van der Waals surface area contributed by atoms with Crippen LogP contribution in [0.5, 0.6) is 0 Å². The van der Waals surface area contributed by atoms with Crippen molar-refractivity contribution in [2.75, 3.05) is 6.54 Å². The minimum Gasteiger partial charge on any atom is -0.337 e. The van der Waals surface area contributed by atoms with Crippen LogP contribution in [0.2, 0.25) is 0 Å². The van der Waals surface area contributed by atoms with Crippen molar-refractivity contribution in [1.29, 1.82) is 0 Å². The summed E-state index contributed by atoms with van der Waals surface area (Å²) in [5.74, 6) is 0. The predicted octanol–water partition coefficient (Wildman–Crippen LogP) is 2.98. The highest BCUT2D eigenvalue weighted by Crippen LogP contribution is 2.19. The molecule has 0 saturated heterocycles. The molecule has 0 aliphatic carbocycles. The molecular weight excluding hydrogens is 360 g/mol. The largest absolute Gasteiger partial charge is 0.337 e. The molecule has 0 unspecified atom stereocenters. The molecule has 96 valence electrons. The lowest BCUT2D eigenvalue weighted by molar-refractivity contribution is 0.576. The number of rotatable bonds is 6. The summed E-state index contributed by atoms with van der Waals surface area (Å²) in [7, 11) is 0. The van der Waals surface area contributed by atoms with Crippen LogP contribution in [0.4, 0.5) is 0 Å². The molecule has 0 bridgehead atoms. The van der Waals surface area contributed by atoms with Gasteiger partial charge in [0.05, 0.1) is 12.0 Å². The Morgan fingerprint density at radius 2 is 2.22 bits per heavy atom. The first-order chi connectivity index (χ1) is 8.75. The topological polar surface area (TPSA) is 42.7 Å². The van der Waals surface area contributed by atoms with Gasteiger partial charge >= 0.3 is 0 Å². The molecule has 0 fully saturated rings. The highest BCUT2D eigenvalue weighted by atomic mass is 79.9. The van der Waals surface area contributed by atoms with Crippen LogP contribution in [-0.2, 0) is 13.1 Å². The lowest BCUT2D eigenvalue weighted by Gasteiger charge is -2.06. The standard InChI is InChI=1S/C12H14Br2N4/c13-10-6-11(14)12(17-7-10)8-15-2-1-4-18-5-3-16-9-18/h3,5-7,9,15H,1-2,4,8H2. The first kappa shape index (κ1) is 13.7. The quantitative estimate of drug-likeness (QED) is 0.791. The van der Waals surface area contributed by atoms with Crippen LogP contribution in [0.25, 0.3) is 0 Å². The Morgan fingerprint density at radius 3 is 2.94 bits per heavy atom. The number of nitrogens with zero attached hydrogens (tertiary/aromatic N) is 3. The van der Waals surface area contributed by atoms with Gasteiger partial charge in [-0.1, -0.05) is 0 Å². The van der Waals surface area contributed by atoms with E-state index < -0.39 is 0 Å². The molecule has 2 aromatic rings. The van der Waals surface area contributed by atoms with Gasteiger partial charge in [-0.2, -0.15) is 0 Å². The van der Waals surface area contributed by atoms with Gasteiger partial charge in [0.2, 0.25) is 0 Å². The lowest BCUT2D eigenvalue weighted by Crippen LogP contribution is -2.17. The van der Waals surface area contributed by atoms with Crippen LogP contribution < -0.4 is 5.32 Å². The molecule has 0 saturated carbocycles. The van der Waals surface area contributed by atoms with Gasteiger partial charge in [0.15, 0.2) is 0 Å². The van der Waals surface area contributed by atoms with Crippen LogP contribution >= 0.6 is 31.9 Å². The van der Waals surface area contributed by atoms with E-state index in [2.05, 4.69) is 51.7 Å². The average Bonchev–Trinajstić information content (AvgIpc) is 2.84. The van der Waals surface area contributed by atoms with Gasteiger partial charge in [0.25, 0.3) is 0 Å². The fourth-order valence-electron chi connectivity index (χ4n) is 1.59. The van der Waals surface area contributed by atoms with E-state index in [1.807, 2.05) is 24.8 Å². The number of hydrogen-bond donors (Lipinski definition) is 1. The van der Waals surface area contributed by atoms with E-state index in [9.17, 15) is 0 Å². The number of aromatic nitrogens is 3. The second-order valence-electron chi connectivity index (χ2n) is 3.91. The van der Waals surface area contributed by atoms with Gasteiger partial charge in [-0.25, -0.2) is 4.98 Å². The molecule has 1 N–H and O–H groups in total. The summed E-state index contributed by atoms with van der Waals surface area (Å²) >= 11 is 6.89. The number of halogens is 2. The first-order valence-electron chi connectivity index (χ1n) is 5.72. The highest BCUT2D eigenvalue weighted by Gasteiger charge is 2.01. The Kier molecular flexibility index (Phi) is 5.34. The van der Waals surface area contributed by atoms with Crippen molar-refractivity contribution in [3.8, 4) is 0 Å². The van der Waals surface area contributed by atoms with Gasteiger partial charge in [-0.05, 0) is 50.9 Å². The summed E-state index contributed by atoms with van der Waals surface area (Å²) < 4.78 is 4.09. The Hall–Kier alpha value is -0.720. The summed E-state index contributed by atoms with van der Waals surface area (Å²) in [6.45, 7) is 2.72. The second-order valence-corrected chi connectivity index (χ2v) is 5.68. The van der Waals surface area contributed by atoms with E-state index in [0.717, 1.165) is 40.7 Å². The Morgan fingerprint density at radius 1 is 1.33 bits per heavy atom. The SMILES string of the molecule is Brc1cnc(CNCCCn2ccnc2)c(Br)c1. The van der Waals surface area contributed by atoms with Crippen molar-refractivity contribution in [3.63, 3.8) is 0 Å². The summed E-state index contributed by atoms with van der Waals surface area (Å²) in [4.78, 5) is 8.36. The molecule has 18 heavy (non-hydrogen) atoms. The van der Waals surface area contributed by atoms with E-state index in [0.29, 0.717) is 0 Å². The van der Waals surface area contributed by atoms with Crippen LogP contribution in [0.3, 0.4) is 0 Å². The molecule has 0 aromatic carbocycles. The van der Waals surface area contributed by atoms with Gasteiger partial charge < -0.3 is 9.88 Å². The maximum absolute atomic E-state index is 4.35. The van der Waals surface area contributed by atoms with Gasteiger partial charge in [-0.15, -0.1) is 0 Å². The number of pyridine rings is 1. The molecule has 0 spiro atoms. The Bertz CT molecular complexity index is 485. The van der Waals surface area contributed by atoms with Crippen molar-refractivity contribution in [3.05, 3.63) is 45.6 Å². The van der Waals surface area contributed by atoms with Crippen molar-refractivity contribution in [2.45, 2.75) is 19.5 Å². The van der Waals surface area contributed by atoms with Gasteiger partial charge in [0, 0.05) is 40.6 Å². The third kappa shape index (κ3) is 4.19. The monoisotopic (exact) mass is 372 g/mol. The molecule has 0 aliphatic rings. The lowest BCUT2D eigenvalue weighted by atomic mass is 10.3. The van der Waals surface area contributed by atoms with Crippen molar-refractivity contribution >= 4 is 31.9 Å². The number of hydrogen-bond acceptors (Lipinski definition) is 3. The van der Waals surface area contributed by atoms with Crippen LogP contribution in [0.15, 0.2) is 39.9 Å². The van der Waals surface area contributed by atoms with Crippen molar-refractivity contribution in [2.24, 2.45) is 0 Å². The first-order valence-corrected chi connectivity index (χ1v) is 7.30. The number of aryl methyl sites for hydroxylation is 1. The van der Waals surface area contributed by atoms with Crippen LogP contribution in [-0.4, -0.2) is 21.1 Å². The molecule has 0 amide bonds. The molecule has 0 radical (unpaired) electrons. The van der Waals surface area contributed by atoms with E-state index in [1.165, 1.54) is 0 Å². The smallest absolute Gasteiger partial charge is 0.0945 e. The third-order valence-electron chi connectivity index (χ3n) is 2.51. The van der Waals surface area contributed by atoms with Crippen molar-refractivity contribution < 1.29 is 0 Å². The van der Waals surface area contributed by atoms with E-state index in [4.69, 9.17) is 0 Å².